The van der Waals surface area contributed by atoms with E-state index < -0.39 is 5.97 Å². The Bertz CT molecular complexity index is 1140. The van der Waals surface area contributed by atoms with Crippen LogP contribution in [0.25, 0.3) is 0 Å². The summed E-state index contributed by atoms with van der Waals surface area (Å²) in [6, 6.07) is 21.2. The molecule has 4 rings (SSSR count). The molecule has 1 heterocycles. The topological polar surface area (TPSA) is 75.7 Å². The Morgan fingerprint density at radius 1 is 0.903 bits per heavy atom. The number of fused-ring (bicyclic) bond motifs is 1. The van der Waals surface area contributed by atoms with Gasteiger partial charge in [0.15, 0.2) is 0 Å². The van der Waals surface area contributed by atoms with Crippen LogP contribution in [0.2, 0.25) is 0 Å². The second kappa shape index (κ2) is 8.83. The van der Waals surface area contributed by atoms with Gasteiger partial charge in [-0.15, -0.1) is 0 Å². The number of aryl methyl sites for hydroxylation is 1. The van der Waals surface area contributed by atoms with Crippen molar-refractivity contribution in [2.45, 2.75) is 12.8 Å². The van der Waals surface area contributed by atoms with Gasteiger partial charge in [0.25, 0.3) is 11.8 Å². The molecule has 1 aliphatic rings. The van der Waals surface area contributed by atoms with E-state index in [0.29, 0.717) is 23.4 Å². The van der Waals surface area contributed by atoms with Gasteiger partial charge in [-0.3, -0.25) is 9.59 Å². The lowest BCUT2D eigenvalue weighted by molar-refractivity contribution is 0.0601. The van der Waals surface area contributed by atoms with Crippen molar-refractivity contribution >= 4 is 29.2 Å². The second-order valence-corrected chi connectivity index (χ2v) is 7.26. The summed E-state index contributed by atoms with van der Waals surface area (Å²) in [5.41, 5.74) is 3.55. The maximum atomic E-state index is 13.0. The van der Waals surface area contributed by atoms with Crippen LogP contribution in [0.5, 0.6) is 0 Å². The van der Waals surface area contributed by atoms with Crippen LogP contribution >= 0.6 is 0 Å². The Morgan fingerprint density at radius 3 is 2.42 bits per heavy atom. The zero-order chi connectivity index (χ0) is 21.8. The highest BCUT2D eigenvalue weighted by molar-refractivity contribution is 6.09. The van der Waals surface area contributed by atoms with E-state index in [1.807, 2.05) is 30.3 Å². The molecular weight excluding hydrogens is 392 g/mol. The molecule has 0 spiro atoms. The molecule has 1 aliphatic heterocycles. The number of carbonyl (C=O) groups is 3. The van der Waals surface area contributed by atoms with Gasteiger partial charge in [-0.05, 0) is 60.9 Å². The summed E-state index contributed by atoms with van der Waals surface area (Å²) in [5, 5.41) is 2.79. The molecule has 0 fully saturated rings. The van der Waals surface area contributed by atoms with Crippen LogP contribution in [0.15, 0.2) is 72.8 Å². The first-order valence-electron chi connectivity index (χ1n) is 10.1. The molecule has 31 heavy (non-hydrogen) atoms. The van der Waals surface area contributed by atoms with Crippen LogP contribution < -0.4 is 10.2 Å². The first-order valence-corrected chi connectivity index (χ1v) is 10.1. The third-order valence-corrected chi connectivity index (χ3v) is 5.31. The summed E-state index contributed by atoms with van der Waals surface area (Å²) in [7, 11) is 1.30. The fourth-order valence-corrected chi connectivity index (χ4v) is 3.76. The predicted octanol–water partition coefficient (Wildman–Crippen LogP) is 4.32. The molecule has 0 bridgehead atoms. The Labute approximate surface area is 180 Å². The summed E-state index contributed by atoms with van der Waals surface area (Å²) >= 11 is 0. The van der Waals surface area contributed by atoms with Crippen LogP contribution in [0.1, 0.15) is 43.1 Å². The highest BCUT2D eigenvalue weighted by Gasteiger charge is 2.24. The van der Waals surface area contributed by atoms with Crippen molar-refractivity contribution in [3.63, 3.8) is 0 Å². The molecule has 0 saturated carbocycles. The fourth-order valence-electron chi connectivity index (χ4n) is 3.76. The van der Waals surface area contributed by atoms with E-state index >= 15 is 0 Å². The zero-order valence-electron chi connectivity index (χ0n) is 17.1. The van der Waals surface area contributed by atoms with E-state index in [4.69, 9.17) is 4.74 Å². The summed E-state index contributed by atoms with van der Waals surface area (Å²) in [5.74, 6) is -0.896. The van der Waals surface area contributed by atoms with E-state index in [0.717, 1.165) is 24.1 Å². The largest absolute Gasteiger partial charge is 0.465 e. The summed E-state index contributed by atoms with van der Waals surface area (Å²) in [4.78, 5) is 39.5. The molecule has 2 amide bonds. The lowest BCUT2D eigenvalue weighted by Gasteiger charge is -2.30. The van der Waals surface area contributed by atoms with Crippen molar-refractivity contribution < 1.29 is 19.1 Å². The average Bonchev–Trinajstić information content (AvgIpc) is 2.83. The molecule has 6 heteroatoms. The predicted molar refractivity (Wildman–Crippen MR) is 119 cm³/mol. The molecule has 0 radical (unpaired) electrons. The van der Waals surface area contributed by atoms with Gasteiger partial charge in [0.05, 0.1) is 18.4 Å². The van der Waals surface area contributed by atoms with Crippen LogP contribution in [-0.4, -0.2) is 31.4 Å². The van der Waals surface area contributed by atoms with E-state index in [1.54, 1.807) is 47.4 Å². The number of anilines is 2. The molecule has 6 nitrogen and oxygen atoms in total. The van der Waals surface area contributed by atoms with Crippen LogP contribution in [-0.2, 0) is 11.2 Å². The second-order valence-electron chi connectivity index (χ2n) is 7.26. The molecule has 0 aromatic heterocycles. The number of nitrogens with one attached hydrogen (secondary N) is 1. The molecule has 0 unspecified atom stereocenters. The fraction of sp³-hybridized carbons (Fsp3) is 0.160. The number of hydrogen-bond acceptors (Lipinski definition) is 4. The van der Waals surface area contributed by atoms with Gasteiger partial charge >= 0.3 is 5.97 Å². The standard InChI is InChI=1S/C25H22N2O4/c1-31-25(30)20-11-5-6-12-21(20)26-23(28)19-13-14-22-18(16-19)10-7-15-27(22)24(29)17-8-3-2-4-9-17/h2-6,8-9,11-14,16H,7,10,15H2,1H3,(H,26,28). The number of carbonyl (C=O) groups excluding carboxylic acids is 3. The molecule has 0 saturated heterocycles. The monoisotopic (exact) mass is 414 g/mol. The third-order valence-electron chi connectivity index (χ3n) is 5.31. The minimum absolute atomic E-state index is 0.0502. The molecule has 0 aliphatic carbocycles. The van der Waals surface area contributed by atoms with Gasteiger partial charge in [-0.2, -0.15) is 0 Å². The maximum absolute atomic E-state index is 13.0. The van der Waals surface area contributed by atoms with Crippen molar-refractivity contribution in [2.75, 3.05) is 23.9 Å². The number of para-hydroxylation sites is 1. The number of methoxy groups -OCH3 is 1. The first kappa shape index (κ1) is 20.3. The van der Waals surface area contributed by atoms with Crippen LogP contribution in [0, 0.1) is 0 Å². The third kappa shape index (κ3) is 4.19. The summed E-state index contributed by atoms with van der Waals surface area (Å²) < 4.78 is 4.78. The zero-order valence-corrected chi connectivity index (χ0v) is 17.1. The number of rotatable bonds is 4. The van der Waals surface area contributed by atoms with Crippen LogP contribution in [0.4, 0.5) is 11.4 Å². The minimum atomic E-state index is -0.517. The quantitative estimate of drug-likeness (QED) is 0.645. The molecule has 3 aromatic rings. The lowest BCUT2D eigenvalue weighted by Crippen LogP contribution is -2.35. The normalized spacial score (nSPS) is 12.6. The smallest absolute Gasteiger partial charge is 0.339 e. The van der Waals surface area contributed by atoms with Crippen molar-refractivity contribution in [3.8, 4) is 0 Å². The minimum Gasteiger partial charge on any atom is -0.465 e. The molecule has 3 aromatic carbocycles. The van der Waals surface area contributed by atoms with Crippen molar-refractivity contribution in [1.82, 2.24) is 0 Å². The van der Waals surface area contributed by atoms with E-state index in [-0.39, 0.29) is 17.4 Å². The number of ether oxygens (including phenoxy) is 1. The molecule has 1 N–H and O–H groups in total. The van der Waals surface area contributed by atoms with Crippen molar-refractivity contribution in [3.05, 3.63) is 95.1 Å². The maximum Gasteiger partial charge on any atom is 0.339 e. The average molecular weight is 414 g/mol. The van der Waals surface area contributed by atoms with Gasteiger partial charge in [-0.25, -0.2) is 4.79 Å². The SMILES string of the molecule is COC(=O)c1ccccc1NC(=O)c1ccc2c(c1)CCCN2C(=O)c1ccccc1. The van der Waals surface area contributed by atoms with E-state index in [2.05, 4.69) is 5.32 Å². The number of esters is 1. The van der Waals surface area contributed by atoms with Crippen molar-refractivity contribution in [1.29, 1.82) is 0 Å². The Kier molecular flexibility index (Phi) is 5.80. The van der Waals surface area contributed by atoms with E-state index in [1.165, 1.54) is 7.11 Å². The van der Waals surface area contributed by atoms with Gasteiger partial charge in [0.2, 0.25) is 0 Å². The van der Waals surface area contributed by atoms with E-state index in [9.17, 15) is 14.4 Å². The Balaban J connectivity index is 1.58. The first-order chi connectivity index (χ1) is 15.1. The highest BCUT2D eigenvalue weighted by atomic mass is 16.5. The molecule has 156 valence electrons. The van der Waals surface area contributed by atoms with Crippen molar-refractivity contribution in [2.24, 2.45) is 0 Å². The van der Waals surface area contributed by atoms with Gasteiger partial charge in [0.1, 0.15) is 0 Å². The highest BCUT2D eigenvalue weighted by Crippen LogP contribution is 2.30. The Morgan fingerprint density at radius 2 is 1.65 bits per heavy atom. The Hall–Kier alpha value is -3.93. The number of nitrogens with zero attached hydrogens (tertiary/aromatic N) is 1. The van der Waals surface area contributed by atoms with Crippen LogP contribution in [0.3, 0.4) is 0 Å². The summed E-state index contributed by atoms with van der Waals surface area (Å²) in [6.07, 6.45) is 1.61. The number of amides is 2. The van der Waals surface area contributed by atoms with Gasteiger partial charge in [-0.1, -0.05) is 30.3 Å². The molecular formula is C25H22N2O4. The van der Waals surface area contributed by atoms with Gasteiger partial charge in [0, 0.05) is 23.4 Å². The number of hydrogen-bond donors (Lipinski definition) is 1. The molecule has 0 atom stereocenters. The number of benzene rings is 3. The summed E-state index contributed by atoms with van der Waals surface area (Å²) in [6.45, 7) is 0.638. The van der Waals surface area contributed by atoms with Gasteiger partial charge < -0.3 is 15.0 Å². The lowest BCUT2D eigenvalue weighted by atomic mass is 9.98.